The van der Waals surface area contributed by atoms with Gasteiger partial charge in [0.25, 0.3) is 5.91 Å². The van der Waals surface area contributed by atoms with E-state index in [-0.39, 0.29) is 11.9 Å². The minimum absolute atomic E-state index is 0.0560. The van der Waals surface area contributed by atoms with Gasteiger partial charge in [0, 0.05) is 12.0 Å². The second kappa shape index (κ2) is 6.22. The van der Waals surface area contributed by atoms with Gasteiger partial charge in [-0.25, -0.2) is 0 Å². The van der Waals surface area contributed by atoms with Crippen molar-refractivity contribution in [3.8, 4) is 5.75 Å². The fraction of sp³-hybridized carbons (Fsp3) is 0.412. The second-order valence-corrected chi connectivity index (χ2v) is 5.60. The smallest absolute Gasteiger partial charge is 0.273 e. The average molecular weight is 300 g/mol. The molecule has 5 heteroatoms. The quantitative estimate of drug-likeness (QED) is 0.887. The van der Waals surface area contributed by atoms with Gasteiger partial charge in [0.15, 0.2) is 5.69 Å². The fourth-order valence-electron chi connectivity index (χ4n) is 2.45. The van der Waals surface area contributed by atoms with Crippen LogP contribution in [0, 0.1) is 0 Å². The zero-order valence-corrected chi connectivity index (χ0v) is 12.8. The minimum atomic E-state index is -0.196. The first-order chi connectivity index (χ1) is 10.7. The van der Waals surface area contributed by atoms with E-state index in [1.807, 2.05) is 31.2 Å². The van der Waals surface area contributed by atoms with E-state index in [1.54, 1.807) is 13.2 Å². The summed E-state index contributed by atoms with van der Waals surface area (Å²) in [6.07, 6.45) is 3.05. The lowest BCUT2D eigenvalue weighted by Gasteiger charge is -2.17. The number of aromatic nitrogens is 1. The van der Waals surface area contributed by atoms with Crippen molar-refractivity contribution in [2.45, 2.75) is 38.1 Å². The molecule has 2 aromatic rings. The topological polar surface area (TPSA) is 64.4 Å². The summed E-state index contributed by atoms with van der Waals surface area (Å²) in [4.78, 5) is 12.3. The second-order valence-electron chi connectivity index (χ2n) is 5.60. The minimum Gasteiger partial charge on any atom is -0.497 e. The third-order valence-corrected chi connectivity index (χ3v) is 3.97. The van der Waals surface area contributed by atoms with Crippen LogP contribution in [0.3, 0.4) is 0 Å². The van der Waals surface area contributed by atoms with Crippen molar-refractivity contribution in [3.63, 3.8) is 0 Å². The normalized spacial score (nSPS) is 15.4. The Morgan fingerprint density at radius 1 is 1.41 bits per heavy atom. The molecule has 0 spiro atoms. The number of nitrogens with one attached hydrogen (secondary N) is 1. The molecule has 0 bridgehead atoms. The molecule has 5 nitrogen and oxygen atoms in total. The highest BCUT2D eigenvalue weighted by atomic mass is 16.5. The largest absolute Gasteiger partial charge is 0.497 e. The fourth-order valence-corrected chi connectivity index (χ4v) is 2.45. The number of methoxy groups -OCH3 is 1. The van der Waals surface area contributed by atoms with Crippen LogP contribution in [-0.4, -0.2) is 18.2 Å². The molecule has 1 heterocycles. The zero-order chi connectivity index (χ0) is 15.5. The van der Waals surface area contributed by atoms with Crippen LogP contribution < -0.4 is 10.1 Å². The number of rotatable bonds is 6. The Kier molecular flexibility index (Phi) is 4.13. The number of amides is 1. The van der Waals surface area contributed by atoms with Crippen molar-refractivity contribution in [1.29, 1.82) is 0 Å². The third kappa shape index (κ3) is 3.13. The van der Waals surface area contributed by atoms with Crippen molar-refractivity contribution in [2.24, 2.45) is 0 Å². The number of ether oxygens (including phenoxy) is 1. The van der Waals surface area contributed by atoms with Gasteiger partial charge in [0.1, 0.15) is 11.5 Å². The van der Waals surface area contributed by atoms with Gasteiger partial charge in [-0.1, -0.05) is 24.2 Å². The SMILES string of the molecule is CCC(NC(=O)c1cc(C2CC2)on1)c1ccc(OC)cc1. The molecule has 0 radical (unpaired) electrons. The van der Waals surface area contributed by atoms with E-state index in [2.05, 4.69) is 10.5 Å². The van der Waals surface area contributed by atoms with Crippen LogP contribution in [-0.2, 0) is 0 Å². The van der Waals surface area contributed by atoms with Crippen LogP contribution >= 0.6 is 0 Å². The predicted octanol–water partition coefficient (Wildman–Crippen LogP) is 3.44. The predicted molar refractivity (Wildman–Crippen MR) is 82.0 cm³/mol. The molecule has 1 fully saturated rings. The standard InChI is InChI=1S/C17H20N2O3/c1-3-14(11-6-8-13(21-2)9-7-11)18-17(20)15-10-16(22-19-15)12-4-5-12/h6-10,12,14H,3-5H2,1-2H3,(H,18,20). The summed E-state index contributed by atoms with van der Waals surface area (Å²) in [6, 6.07) is 9.42. The lowest BCUT2D eigenvalue weighted by molar-refractivity contribution is 0.0926. The molecule has 1 aliphatic carbocycles. The molecule has 1 amide bonds. The van der Waals surface area contributed by atoms with Crippen molar-refractivity contribution in [1.82, 2.24) is 10.5 Å². The molecule has 1 unspecified atom stereocenters. The van der Waals surface area contributed by atoms with Gasteiger partial charge in [0.05, 0.1) is 13.2 Å². The Hall–Kier alpha value is -2.30. The maximum absolute atomic E-state index is 12.3. The third-order valence-electron chi connectivity index (χ3n) is 3.97. The first-order valence-corrected chi connectivity index (χ1v) is 7.62. The van der Waals surface area contributed by atoms with Gasteiger partial charge in [-0.3, -0.25) is 4.79 Å². The maximum atomic E-state index is 12.3. The highest BCUT2D eigenvalue weighted by Crippen LogP contribution is 2.40. The Balaban J connectivity index is 1.68. The van der Waals surface area contributed by atoms with Crippen molar-refractivity contribution < 1.29 is 14.1 Å². The Labute approximate surface area is 129 Å². The zero-order valence-electron chi connectivity index (χ0n) is 12.8. The van der Waals surface area contributed by atoms with Crippen LogP contribution in [0.25, 0.3) is 0 Å². The summed E-state index contributed by atoms with van der Waals surface area (Å²) < 4.78 is 10.4. The molecular formula is C17H20N2O3. The van der Waals surface area contributed by atoms with E-state index in [0.717, 1.165) is 36.3 Å². The number of hydrogen-bond donors (Lipinski definition) is 1. The summed E-state index contributed by atoms with van der Waals surface area (Å²) in [7, 11) is 1.64. The lowest BCUT2D eigenvalue weighted by Crippen LogP contribution is -2.28. The van der Waals surface area contributed by atoms with Crippen LogP contribution in [0.2, 0.25) is 0 Å². The average Bonchev–Trinajstić information content (AvgIpc) is 3.29. The van der Waals surface area contributed by atoms with E-state index >= 15 is 0 Å². The van der Waals surface area contributed by atoms with Crippen LogP contribution in [0.5, 0.6) is 5.75 Å². The molecule has 1 aromatic carbocycles. The molecule has 1 aliphatic rings. The summed E-state index contributed by atoms with van der Waals surface area (Å²) in [6.45, 7) is 2.04. The van der Waals surface area contributed by atoms with Crippen molar-refractivity contribution in [3.05, 3.63) is 47.3 Å². The summed E-state index contributed by atoms with van der Waals surface area (Å²) in [5.41, 5.74) is 1.40. The molecule has 1 aromatic heterocycles. The molecule has 1 atom stereocenters. The summed E-state index contributed by atoms with van der Waals surface area (Å²) in [5, 5.41) is 6.89. The Morgan fingerprint density at radius 3 is 2.73 bits per heavy atom. The summed E-state index contributed by atoms with van der Waals surface area (Å²) in [5.74, 6) is 1.88. The van der Waals surface area contributed by atoms with Gasteiger partial charge in [-0.2, -0.15) is 0 Å². The highest BCUT2D eigenvalue weighted by molar-refractivity contribution is 5.92. The number of benzene rings is 1. The summed E-state index contributed by atoms with van der Waals surface area (Å²) >= 11 is 0. The van der Waals surface area contributed by atoms with Crippen LogP contribution in [0.15, 0.2) is 34.9 Å². The Bertz CT molecular complexity index is 644. The molecule has 3 rings (SSSR count). The first-order valence-electron chi connectivity index (χ1n) is 7.62. The van der Waals surface area contributed by atoms with E-state index in [4.69, 9.17) is 9.26 Å². The van der Waals surface area contributed by atoms with Gasteiger partial charge < -0.3 is 14.6 Å². The van der Waals surface area contributed by atoms with Crippen molar-refractivity contribution >= 4 is 5.91 Å². The number of nitrogens with zero attached hydrogens (tertiary/aromatic N) is 1. The lowest BCUT2D eigenvalue weighted by atomic mass is 10.0. The van der Waals surface area contributed by atoms with Gasteiger partial charge in [-0.15, -0.1) is 0 Å². The first kappa shape index (κ1) is 14.6. The molecular weight excluding hydrogens is 280 g/mol. The molecule has 1 saturated carbocycles. The van der Waals surface area contributed by atoms with Gasteiger partial charge in [0.2, 0.25) is 0 Å². The van der Waals surface area contributed by atoms with E-state index < -0.39 is 0 Å². The molecule has 116 valence electrons. The maximum Gasteiger partial charge on any atom is 0.273 e. The Morgan fingerprint density at radius 2 is 2.14 bits per heavy atom. The van der Waals surface area contributed by atoms with E-state index in [9.17, 15) is 4.79 Å². The number of hydrogen-bond acceptors (Lipinski definition) is 4. The van der Waals surface area contributed by atoms with E-state index in [1.165, 1.54) is 0 Å². The molecule has 22 heavy (non-hydrogen) atoms. The monoisotopic (exact) mass is 300 g/mol. The van der Waals surface area contributed by atoms with Crippen LogP contribution in [0.1, 0.15) is 60.0 Å². The van der Waals surface area contributed by atoms with Crippen molar-refractivity contribution in [2.75, 3.05) is 7.11 Å². The van der Waals surface area contributed by atoms with Crippen LogP contribution in [0.4, 0.5) is 0 Å². The van der Waals surface area contributed by atoms with Gasteiger partial charge in [-0.05, 0) is 37.0 Å². The van der Waals surface area contributed by atoms with E-state index in [0.29, 0.717) is 11.6 Å². The molecule has 1 N–H and O–H groups in total. The number of carbonyl (C=O) groups excluding carboxylic acids is 1. The molecule has 0 saturated heterocycles. The number of carbonyl (C=O) groups is 1. The molecule has 0 aliphatic heterocycles. The van der Waals surface area contributed by atoms with Gasteiger partial charge >= 0.3 is 0 Å². The highest BCUT2D eigenvalue weighted by Gasteiger charge is 2.29.